The van der Waals surface area contributed by atoms with E-state index in [9.17, 15) is 4.79 Å². The van der Waals surface area contributed by atoms with Crippen LogP contribution in [0.25, 0.3) is 0 Å². The Morgan fingerprint density at radius 2 is 2.32 bits per heavy atom. The van der Waals surface area contributed by atoms with Crippen molar-refractivity contribution >= 4 is 28.1 Å². The average molecular weight is 273 g/mol. The maximum Gasteiger partial charge on any atom is 0.245 e. The summed E-state index contributed by atoms with van der Waals surface area (Å²) < 4.78 is 0. The molecule has 2 heterocycles. The minimum Gasteiger partial charge on any atom is -0.362 e. The zero-order chi connectivity index (χ0) is 13.1. The summed E-state index contributed by atoms with van der Waals surface area (Å²) in [6, 6.07) is 8.30. The lowest BCUT2D eigenvalue weighted by Gasteiger charge is -2.30. The van der Waals surface area contributed by atoms with Crippen LogP contribution in [0.2, 0.25) is 0 Å². The average Bonchev–Trinajstić information content (AvgIpc) is 2.92. The van der Waals surface area contributed by atoms with E-state index in [1.807, 2.05) is 11.4 Å². The number of nitrogens with one attached hydrogen (secondary N) is 1. The van der Waals surface area contributed by atoms with Crippen molar-refractivity contribution in [1.29, 1.82) is 0 Å². The number of carbonyl (C=O) groups excluding carboxylic acids is 1. The highest BCUT2D eigenvalue weighted by Gasteiger charge is 2.18. The number of benzene rings is 1. The van der Waals surface area contributed by atoms with Gasteiger partial charge in [0, 0.05) is 23.8 Å². The van der Waals surface area contributed by atoms with E-state index in [1.165, 1.54) is 22.6 Å². The highest BCUT2D eigenvalue weighted by molar-refractivity contribution is 7.13. The molecule has 2 aromatic rings. The molecule has 1 aliphatic heterocycles. The second-order valence-corrected chi connectivity index (χ2v) is 5.43. The van der Waals surface area contributed by atoms with E-state index in [1.54, 1.807) is 6.20 Å². The number of nitrogens with zero attached hydrogens (tertiary/aromatic N) is 2. The van der Waals surface area contributed by atoms with Crippen LogP contribution >= 0.6 is 11.3 Å². The molecule has 1 aromatic carbocycles. The van der Waals surface area contributed by atoms with Crippen LogP contribution < -0.4 is 10.2 Å². The molecule has 1 aliphatic rings. The fourth-order valence-corrected chi connectivity index (χ4v) is 2.94. The van der Waals surface area contributed by atoms with E-state index in [0.29, 0.717) is 11.7 Å². The van der Waals surface area contributed by atoms with Crippen molar-refractivity contribution in [2.75, 3.05) is 23.3 Å². The zero-order valence-electron chi connectivity index (χ0n) is 10.5. The molecule has 4 nitrogen and oxygen atoms in total. The smallest absolute Gasteiger partial charge is 0.245 e. The van der Waals surface area contributed by atoms with Gasteiger partial charge in [0.15, 0.2) is 5.13 Å². The highest BCUT2D eigenvalue weighted by atomic mass is 32.1. The molecule has 5 heteroatoms. The number of carbonyl (C=O) groups is 1. The van der Waals surface area contributed by atoms with Gasteiger partial charge in [0.05, 0.1) is 6.54 Å². The van der Waals surface area contributed by atoms with Crippen molar-refractivity contribution in [2.24, 2.45) is 0 Å². The van der Waals surface area contributed by atoms with Gasteiger partial charge < -0.3 is 10.2 Å². The topological polar surface area (TPSA) is 45.2 Å². The van der Waals surface area contributed by atoms with Crippen molar-refractivity contribution in [3.8, 4) is 0 Å². The predicted molar refractivity (Wildman–Crippen MR) is 77.7 cm³/mol. The summed E-state index contributed by atoms with van der Waals surface area (Å²) in [6.07, 6.45) is 3.89. The van der Waals surface area contributed by atoms with E-state index >= 15 is 0 Å². The first-order valence-corrected chi connectivity index (χ1v) is 7.23. The van der Waals surface area contributed by atoms with Crippen LogP contribution in [0.15, 0.2) is 35.8 Å². The molecule has 0 fully saturated rings. The molecular weight excluding hydrogens is 258 g/mol. The van der Waals surface area contributed by atoms with Gasteiger partial charge in [-0.15, -0.1) is 11.3 Å². The summed E-state index contributed by atoms with van der Waals surface area (Å²) in [5.41, 5.74) is 2.51. The van der Waals surface area contributed by atoms with E-state index in [4.69, 9.17) is 0 Å². The monoisotopic (exact) mass is 273 g/mol. The Kier molecular flexibility index (Phi) is 3.46. The molecule has 1 N–H and O–H groups in total. The summed E-state index contributed by atoms with van der Waals surface area (Å²) in [6.45, 7) is 1.32. The molecule has 0 unspecified atom stereocenters. The fraction of sp³-hybridized carbons (Fsp3) is 0.286. The number of aryl methyl sites for hydroxylation is 1. The number of thiazole rings is 1. The SMILES string of the molecule is O=C(CN1CCCc2ccccc21)Nc1nccs1. The summed E-state index contributed by atoms with van der Waals surface area (Å²) >= 11 is 1.44. The molecule has 3 rings (SSSR count). The van der Waals surface area contributed by atoms with E-state index < -0.39 is 0 Å². The quantitative estimate of drug-likeness (QED) is 0.934. The molecule has 0 atom stereocenters. The van der Waals surface area contributed by atoms with Crippen molar-refractivity contribution in [1.82, 2.24) is 4.98 Å². The lowest BCUT2D eigenvalue weighted by Crippen LogP contribution is -2.36. The lowest BCUT2D eigenvalue weighted by atomic mass is 10.0. The molecule has 0 radical (unpaired) electrons. The van der Waals surface area contributed by atoms with E-state index in [2.05, 4.69) is 33.4 Å². The van der Waals surface area contributed by atoms with Gasteiger partial charge in [-0.2, -0.15) is 0 Å². The molecule has 0 bridgehead atoms. The van der Waals surface area contributed by atoms with Crippen LogP contribution in [0.4, 0.5) is 10.8 Å². The van der Waals surface area contributed by atoms with Crippen LogP contribution in [0.5, 0.6) is 0 Å². The standard InChI is InChI=1S/C14H15N3OS/c18-13(16-14-15-7-9-19-14)10-17-8-3-5-11-4-1-2-6-12(11)17/h1-2,4,6-7,9H,3,5,8,10H2,(H,15,16,18). The fourth-order valence-electron chi connectivity index (χ4n) is 2.39. The third-order valence-electron chi connectivity index (χ3n) is 3.22. The second-order valence-electron chi connectivity index (χ2n) is 4.54. The summed E-state index contributed by atoms with van der Waals surface area (Å²) in [7, 11) is 0. The predicted octanol–water partition coefficient (Wildman–Crippen LogP) is 2.53. The Hall–Kier alpha value is -1.88. The number of aromatic nitrogens is 1. The molecular formula is C14H15N3OS. The van der Waals surface area contributed by atoms with Crippen LogP contribution in [-0.2, 0) is 11.2 Å². The molecule has 0 spiro atoms. The molecule has 1 amide bonds. The van der Waals surface area contributed by atoms with Crippen LogP contribution in [0.1, 0.15) is 12.0 Å². The number of amides is 1. The largest absolute Gasteiger partial charge is 0.362 e. The Balaban J connectivity index is 1.69. The molecule has 0 saturated heterocycles. The van der Waals surface area contributed by atoms with Gasteiger partial charge in [-0.05, 0) is 24.5 Å². The van der Waals surface area contributed by atoms with Crippen molar-refractivity contribution < 1.29 is 4.79 Å². The molecule has 0 saturated carbocycles. The van der Waals surface area contributed by atoms with Crippen LogP contribution in [0.3, 0.4) is 0 Å². The maximum absolute atomic E-state index is 12.0. The Morgan fingerprint density at radius 1 is 1.42 bits per heavy atom. The van der Waals surface area contributed by atoms with Crippen LogP contribution in [0, 0.1) is 0 Å². The van der Waals surface area contributed by atoms with Crippen molar-refractivity contribution in [2.45, 2.75) is 12.8 Å². The van der Waals surface area contributed by atoms with E-state index in [-0.39, 0.29) is 5.91 Å². The first-order valence-electron chi connectivity index (χ1n) is 6.35. The van der Waals surface area contributed by atoms with Gasteiger partial charge in [-0.1, -0.05) is 18.2 Å². The van der Waals surface area contributed by atoms with Gasteiger partial charge in [-0.3, -0.25) is 4.79 Å². The van der Waals surface area contributed by atoms with Crippen molar-refractivity contribution in [3.05, 3.63) is 41.4 Å². The van der Waals surface area contributed by atoms with E-state index in [0.717, 1.165) is 19.4 Å². The number of hydrogen-bond donors (Lipinski definition) is 1. The Morgan fingerprint density at radius 3 is 3.16 bits per heavy atom. The molecule has 98 valence electrons. The van der Waals surface area contributed by atoms with Gasteiger partial charge in [-0.25, -0.2) is 4.98 Å². The second kappa shape index (κ2) is 5.40. The van der Waals surface area contributed by atoms with Crippen molar-refractivity contribution in [3.63, 3.8) is 0 Å². The Bertz CT molecular complexity index is 568. The summed E-state index contributed by atoms with van der Waals surface area (Å²) in [4.78, 5) is 18.2. The number of fused-ring (bicyclic) bond motifs is 1. The lowest BCUT2D eigenvalue weighted by molar-refractivity contribution is -0.115. The highest BCUT2D eigenvalue weighted by Crippen LogP contribution is 2.26. The van der Waals surface area contributed by atoms with Crippen LogP contribution in [-0.4, -0.2) is 24.0 Å². The maximum atomic E-state index is 12.0. The molecule has 1 aromatic heterocycles. The van der Waals surface area contributed by atoms with Gasteiger partial charge >= 0.3 is 0 Å². The first-order chi connectivity index (χ1) is 9.33. The number of anilines is 2. The normalized spacial score (nSPS) is 14.0. The Labute approximate surface area is 116 Å². The van der Waals surface area contributed by atoms with Gasteiger partial charge in [0.25, 0.3) is 0 Å². The minimum absolute atomic E-state index is 0.00773. The number of hydrogen-bond acceptors (Lipinski definition) is 4. The minimum atomic E-state index is -0.00773. The van der Waals surface area contributed by atoms with Gasteiger partial charge in [0.1, 0.15) is 0 Å². The number of rotatable bonds is 3. The summed E-state index contributed by atoms with van der Waals surface area (Å²) in [5, 5.41) is 5.34. The third kappa shape index (κ3) is 2.76. The third-order valence-corrected chi connectivity index (χ3v) is 3.91. The molecule has 19 heavy (non-hydrogen) atoms. The summed E-state index contributed by atoms with van der Waals surface area (Å²) in [5.74, 6) is -0.00773. The van der Waals surface area contributed by atoms with Gasteiger partial charge in [0.2, 0.25) is 5.91 Å². The zero-order valence-corrected chi connectivity index (χ0v) is 11.3. The first kappa shape index (κ1) is 12.2. The molecule has 0 aliphatic carbocycles. The number of para-hydroxylation sites is 1.